The van der Waals surface area contributed by atoms with E-state index in [9.17, 15) is 0 Å². The van der Waals surface area contributed by atoms with Crippen LogP contribution in [-0.2, 0) is 6.54 Å². The Balaban J connectivity index is 1.47. The van der Waals surface area contributed by atoms with Gasteiger partial charge in [-0.2, -0.15) is 24.7 Å². The molecular formula is C23H28ClN9. The SMILES string of the molecule is CC(C)c1cnn2c(NCc3ccc(Cl)c(-n4cccn4)c3)nc(N3CCC(N)CC3)nc12. The molecule has 4 heterocycles. The number of nitrogens with zero attached hydrogens (tertiary/aromatic N) is 7. The van der Waals surface area contributed by atoms with E-state index < -0.39 is 0 Å². The number of benzene rings is 1. The van der Waals surface area contributed by atoms with Gasteiger partial charge in [-0.25, -0.2) is 4.68 Å². The van der Waals surface area contributed by atoms with Gasteiger partial charge in [-0.15, -0.1) is 0 Å². The van der Waals surface area contributed by atoms with Crippen LogP contribution in [0.25, 0.3) is 11.3 Å². The number of piperidine rings is 1. The number of hydrogen-bond donors (Lipinski definition) is 2. The first-order chi connectivity index (χ1) is 16.0. The van der Waals surface area contributed by atoms with E-state index in [1.165, 1.54) is 0 Å². The zero-order valence-electron chi connectivity index (χ0n) is 18.8. The van der Waals surface area contributed by atoms with Gasteiger partial charge in [-0.05, 0) is 42.5 Å². The van der Waals surface area contributed by atoms with Crippen molar-refractivity contribution in [2.75, 3.05) is 23.3 Å². The number of fused-ring (bicyclic) bond motifs is 1. The Morgan fingerprint density at radius 2 is 2.00 bits per heavy atom. The lowest BCUT2D eigenvalue weighted by Crippen LogP contribution is -2.40. The molecule has 0 bridgehead atoms. The van der Waals surface area contributed by atoms with Crippen LogP contribution in [0.2, 0.25) is 5.02 Å². The maximum Gasteiger partial charge on any atom is 0.230 e. The van der Waals surface area contributed by atoms with E-state index in [0.29, 0.717) is 29.4 Å². The molecule has 0 radical (unpaired) electrons. The lowest BCUT2D eigenvalue weighted by Gasteiger charge is -2.30. The van der Waals surface area contributed by atoms with Gasteiger partial charge < -0.3 is 16.0 Å². The molecule has 5 rings (SSSR count). The summed E-state index contributed by atoms with van der Waals surface area (Å²) in [4.78, 5) is 11.9. The topological polar surface area (TPSA) is 102 Å². The normalized spacial score (nSPS) is 15.0. The van der Waals surface area contributed by atoms with E-state index >= 15 is 0 Å². The van der Waals surface area contributed by atoms with Crippen molar-refractivity contribution in [3.8, 4) is 5.69 Å². The molecular weight excluding hydrogens is 438 g/mol. The Morgan fingerprint density at radius 3 is 2.73 bits per heavy atom. The van der Waals surface area contributed by atoms with E-state index in [0.717, 1.165) is 48.4 Å². The molecule has 3 aromatic heterocycles. The second kappa shape index (κ2) is 8.99. The van der Waals surface area contributed by atoms with Gasteiger partial charge in [0.1, 0.15) is 0 Å². The molecule has 9 nitrogen and oxygen atoms in total. The summed E-state index contributed by atoms with van der Waals surface area (Å²) in [5.74, 6) is 1.68. The molecule has 0 amide bonds. The monoisotopic (exact) mass is 465 g/mol. The van der Waals surface area contributed by atoms with Crippen molar-refractivity contribution < 1.29 is 0 Å². The number of hydrogen-bond acceptors (Lipinski definition) is 7. The number of rotatable bonds is 6. The van der Waals surface area contributed by atoms with Gasteiger partial charge >= 0.3 is 0 Å². The van der Waals surface area contributed by atoms with Crippen LogP contribution in [0.3, 0.4) is 0 Å². The predicted molar refractivity (Wildman–Crippen MR) is 130 cm³/mol. The molecule has 0 spiro atoms. The lowest BCUT2D eigenvalue weighted by molar-refractivity contribution is 0.495. The van der Waals surface area contributed by atoms with Gasteiger partial charge in [0.2, 0.25) is 11.9 Å². The van der Waals surface area contributed by atoms with E-state index in [4.69, 9.17) is 27.3 Å². The third-order valence-electron chi connectivity index (χ3n) is 6.04. The highest BCUT2D eigenvalue weighted by Crippen LogP contribution is 2.26. The van der Waals surface area contributed by atoms with Gasteiger partial charge in [-0.3, -0.25) is 0 Å². The average molecular weight is 466 g/mol. The molecule has 10 heteroatoms. The maximum absolute atomic E-state index is 6.40. The molecule has 0 atom stereocenters. The third kappa shape index (κ3) is 4.38. The highest BCUT2D eigenvalue weighted by molar-refractivity contribution is 6.32. The van der Waals surface area contributed by atoms with E-state index in [2.05, 4.69) is 34.3 Å². The Hall–Kier alpha value is -3.17. The number of halogens is 1. The zero-order chi connectivity index (χ0) is 22.9. The fourth-order valence-corrected chi connectivity index (χ4v) is 4.29. The number of nitrogens with one attached hydrogen (secondary N) is 1. The van der Waals surface area contributed by atoms with Gasteiger partial charge in [-0.1, -0.05) is 31.5 Å². The lowest BCUT2D eigenvalue weighted by atomic mass is 10.1. The molecule has 1 aliphatic rings. The predicted octanol–water partition coefficient (Wildman–Crippen LogP) is 3.63. The Kier molecular flexibility index (Phi) is 5.90. The number of aromatic nitrogens is 6. The first-order valence-corrected chi connectivity index (χ1v) is 11.7. The van der Waals surface area contributed by atoms with E-state index in [1.54, 1.807) is 15.4 Å². The van der Waals surface area contributed by atoms with Crippen LogP contribution < -0.4 is 16.0 Å². The second-order valence-corrected chi connectivity index (χ2v) is 9.16. The molecule has 1 aromatic carbocycles. The third-order valence-corrected chi connectivity index (χ3v) is 6.36. The highest BCUT2D eigenvalue weighted by Gasteiger charge is 2.22. The summed E-state index contributed by atoms with van der Waals surface area (Å²) in [5.41, 5.74) is 9.92. The molecule has 1 fully saturated rings. The van der Waals surface area contributed by atoms with Crippen LogP contribution in [0.15, 0.2) is 42.9 Å². The first-order valence-electron chi connectivity index (χ1n) is 11.3. The van der Waals surface area contributed by atoms with Crippen molar-refractivity contribution >= 4 is 29.1 Å². The quantitative estimate of drug-likeness (QED) is 0.448. The van der Waals surface area contributed by atoms with Gasteiger partial charge in [0.15, 0.2) is 5.65 Å². The summed E-state index contributed by atoms with van der Waals surface area (Å²) in [6.07, 6.45) is 7.37. The van der Waals surface area contributed by atoms with Crippen molar-refractivity contribution in [1.82, 2.24) is 29.4 Å². The fourth-order valence-electron chi connectivity index (χ4n) is 4.08. The molecule has 3 N–H and O–H groups in total. The minimum Gasteiger partial charge on any atom is -0.350 e. The number of nitrogens with two attached hydrogens (primary N) is 1. The molecule has 0 saturated carbocycles. The van der Waals surface area contributed by atoms with Crippen molar-refractivity contribution in [1.29, 1.82) is 0 Å². The average Bonchev–Trinajstić information content (AvgIpc) is 3.49. The van der Waals surface area contributed by atoms with Crippen LogP contribution in [0.4, 0.5) is 11.9 Å². The van der Waals surface area contributed by atoms with Crippen molar-refractivity contribution in [3.05, 3.63) is 59.0 Å². The second-order valence-electron chi connectivity index (χ2n) is 8.75. The largest absolute Gasteiger partial charge is 0.350 e. The van der Waals surface area contributed by atoms with Crippen LogP contribution in [-0.4, -0.2) is 48.5 Å². The number of anilines is 2. The molecule has 33 heavy (non-hydrogen) atoms. The molecule has 1 aliphatic heterocycles. The van der Waals surface area contributed by atoms with Gasteiger partial charge in [0, 0.05) is 43.6 Å². The Morgan fingerprint density at radius 1 is 1.18 bits per heavy atom. The molecule has 4 aromatic rings. The zero-order valence-corrected chi connectivity index (χ0v) is 19.6. The molecule has 172 valence electrons. The van der Waals surface area contributed by atoms with Crippen molar-refractivity contribution in [2.45, 2.75) is 45.2 Å². The van der Waals surface area contributed by atoms with Crippen LogP contribution in [0.1, 0.15) is 43.7 Å². The Labute approximate surface area is 197 Å². The summed E-state index contributed by atoms with van der Waals surface area (Å²) < 4.78 is 3.55. The highest BCUT2D eigenvalue weighted by atomic mass is 35.5. The fraction of sp³-hybridized carbons (Fsp3) is 0.391. The summed E-state index contributed by atoms with van der Waals surface area (Å²) >= 11 is 6.40. The van der Waals surface area contributed by atoms with Gasteiger partial charge in [0.05, 0.1) is 16.9 Å². The maximum atomic E-state index is 6.40. The van der Waals surface area contributed by atoms with Gasteiger partial charge in [0.25, 0.3) is 0 Å². The molecule has 0 aliphatic carbocycles. The van der Waals surface area contributed by atoms with Crippen LogP contribution in [0.5, 0.6) is 0 Å². The smallest absolute Gasteiger partial charge is 0.230 e. The van der Waals surface area contributed by atoms with Crippen LogP contribution in [0, 0.1) is 0 Å². The first kappa shape index (κ1) is 21.7. The summed E-state index contributed by atoms with van der Waals surface area (Å²) in [7, 11) is 0. The standard InChI is InChI=1S/C23H28ClN9/c1-15(2)18-14-28-33-21(18)29-23(31-10-6-17(25)7-11-31)30-22(33)26-13-16-4-5-19(24)20(12-16)32-9-3-8-27-32/h3-5,8-9,12,14-15,17H,6-7,10-11,13,25H2,1-2H3,(H,26,29,30). The van der Waals surface area contributed by atoms with E-state index in [1.807, 2.05) is 36.7 Å². The molecule has 0 unspecified atom stereocenters. The van der Waals surface area contributed by atoms with E-state index in [-0.39, 0.29) is 6.04 Å². The summed E-state index contributed by atoms with van der Waals surface area (Å²) in [6.45, 7) is 6.56. The van der Waals surface area contributed by atoms with Crippen molar-refractivity contribution in [2.24, 2.45) is 5.73 Å². The van der Waals surface area contributed by atoms with Crippen LogP contribution >= 0.6 is 11.6 Å². The van der Waals surface area contributed by atoms with Crippen molar-refractivity contribution in [3.63, 3.8) is 0 Å². The molecule has 1 saturated heterocycles. The summed E-state index contributed by atoms with van der Waals surface area (Å²) in [6, 6.07) is 8.03. The minimum atomic E-state index is 0.248. The Bertz CT molecular complexity index is 1240. The minimum absolute atomic E-state index is 0.248. The summed E-state index contributed by atoms with van der Waals surface area (Å²) in [5, 5.41) is 13.0.